The van der Waals surface area contributed by atoms with E-state index in [-0.39, 0.29) is 12.8 Å². The van der Waals surface area contributed by atoms with Gasteiger partial charge in [0.1, 0.15) is 6.04 Å². The third-order valence-electron chi connectivity index (χ3n) is 1.81. The zero-order valence-corrected chi connectivity index (χ0v) is 6.19. The minimum Gasteiger partial charge on any atom is -0.343 e. The lowest BCUT2D eigenvalue weighted by molar-refractivity contribution is -0.167. The fraction of sp³-hybridized carbons (Fsp3) is 0.833. The summed E-state index contributed by atoms with van der Waals surface area (Å²) in [6, 6.07) is -2.51. The number of amides is 1. The van der Waals surface area contributed by atoms with E-state index in [0.717, 1.165) is 0 Å². The molecule has 0 saturated carbocycles. The molecular formula is C6H9F3N2O. The highest BCUT2D eigenvalue weighted by Crippen LogP contribution is 2.25. The van der Waals surface area contributed by atoms with Gasteiger partial charge in [-0.3, -0.25) is 4.79 Å². The minimum absolute atomic E-state index is 0.0933. The Morgan fingerprint density at radius 2 is 2.00 bits per heavy atom. The molecule has 0 spiro atoms. The normalized spacial score (nSPS) is 31.5. The molecule has 0 bridgehead atoms. The van der Waals surface area contributed by atoms with Crippen LogP contribution in [0.2, 0.25) is 0 Å². The summed E-state index contributed by atoms with van der Waals surface area (Å²) in [6.45, 7) is 0. The third-order valence-corrected chi connectivity index (χ3v) is 1.81. The molecule has 1 rings (SSSR count). The Balaban J connectivity index is 2.57. The topological polar surface area (TPSA) is 55.1 Å². The summed E-state index contributed by atoms with van der Waals surface area (Å²) in [6.07, 6.45) is -4.39. The summed E-state index contributed by atoms with van der Waals surface area (Å²) in [5.41, 5.74) is 5.20. The van der Waals surface area contributed by atoms with Crippen molar-refractivity contribution in [2.75, 3.05) is 0 Å². The van der Waals surface area contributed by atoms with Crippen LogP contribution in [0.1, 0.15) is 12.8 Å². The highest BCUT2D eigenvalue weighted by atomic mass is 19.4. The summed E-state index contributed by atoms with van der Waals surface area (Å²) in [4.78, 5) is 10.7. The smallest absolute Gasteiger partial charge is 0.343 e. The Hall–Kier alpha value is -0.780. The lowest BCUT2D eigenvalue weighted by atomic mass is 10.0. The van der Waals surface area contributed by atoms with Crippen molar-refractivity contribution in [3.8, 4) is 0 Å². The van der Waals surface area contributed by atoms with Crippen molar-refractivity contribution >= 4 is 5.91 Å². The first kappa shape index (κ1) is 9.31. The van der Waals surface area contributed by atoms with Crippen LogP contribution < -0.4 is 11.1 Å². The molecule has 1 saturated heterocycles. The Morgan fingerprint density at radius 3 is 2.42 bits per heavy atom. The standard InChI is InChI=1S/C6H9F3N2O/c7-6(8,9)4-2-1-3(10)5(12)11-4/h3-4H,1-2,10H2,(H,11,12). The first-order valence-electron chi connectivity index (χ1n) is 3.54. The summed E-state index contributed by atoms with van der Waals surface area (Å²) >= 11 is 0. The molecule has 0 radical (unpaired) electrons. The number of carbonyl (C=O) groups excluding carboxylic acids is 1. The van der Waals surface area contributed by atoms with E-state index in [1.807, 2.05) is 5.32 Å². The molecule has 1 fully saturated rings. The van der Waals surface area contributed by atoms with E-state index >= 15 is 0 Å². The highest BCUT2D eigenvalue weighted by Gasteiger charge is 2.43. The Morgan fingerprint density at radius 1 is 1.42 bits per heavy atom. The number of hydrogen-bond acceptors (Lipinski definition) is 2. The number of carbonyl (C=O) groups is 1. The predicted octanol–water partition coefficient (Wildman–Crippen LogP) is 0.155. The van der Waals surface area contributed by atoms with Crippen LogP contribution in [0.15, 0.2) is 0 Å². The van der Waals surface area contributed by atoms with Crippen molar-refractivity contribution in [2.24, 2.45) is 5.73 Å². The van der Waals surface area contributed by atoms with Gasteiger partial charge in [0.25, 0.3) is 0 Å². The van der Waals surface area contributed by atoms with Gasteiger partial charge in [-0.15, -0.1) is 0 Å². The van der Waals surface area contributed by atoms with Crippen molar-refractivity contribution in [2.45, 2.75) is 31.1 Å². The van der Waals surface area contributed by atoms with Crippen molar-refractivity contribution in [3.05, 3.63) is 0 Å². The van der Waals surface area contributed by atoms with Gasteiger partial charge in [-0.2, -0.15) is 13.2 Å². The molecule has 1 amide bonds. The van der Waals surface area contributed by atoms with Gasteiger partial charge in [0.15, 0.2) is 0 Å². The van der Waals surface area contributed by atoms with Gasteiger partial charge in [0.05, 0.1) is 6.04 Å². The SMILES string of the molecule is NC1CCC(C(F)(F)F)NC1=O. The molecule has 0 aliphatic carbocycles. The van der Waals surface area contributed by atoms with E-state index in [2.05, 4.69) is 0 Å². The molecule has 3 nitrogen and oxygen atoms in total. The fourth-order valence-corrected chi connectivity index (χ4v) is 1.07. The molecule has 3 N–H and O–H groups in total. The molecule has 1 aliphatic rings. The summed E-state index contributed by atoms with van der Waals surface area (Å²) in [7, 11) is 0. The lowest BCUT2D eigenvalue weighted by Gasteiger charge is -2.28. The van der Waals surface area contributed by atoms with Gasteiger partial charge in [-0.1, -0.05) is 0 Å². The van der Waals surface area contributed by atoms with Crippen LogP contribution in [0.25, 0.3) is 0 Å². The van der Waals surface area contributed by atoms with E-state index in [1.54, 1.807) is 0 Å². The van der Waals surface area contributed by atoms with Crippen LogP contribution in [-0.2, 0) is 4.79 Å². The van der Waals surface area contributed by atoms with Crippen LogP contribution in [0.3, 0.4) is 0 Å². The van der Waals surface area contributed by atoms with Gasteiger partial charge < -0.3 is 11.1 Å². The summed E-state index contributed by atoms with van der Waals surface area (Å²) in [5.74, 6) is -0.719. The molecule has 2 atom stereocenters. The van der Waals surface area contributed by atoms with Crippen molar-refractivity contribution in [1.29, 1.82) is 0 Å². The second-order valence-corrected chi connectivity index (χ2v) is 2.79. The fourth-order valence-electron chi connectivity index (χ4n) is 1.07. The van der Waals surface area contributed by atoms with Gasteiger partial charge in [0.2, 0.25) is 5.91 Å². The molecule has 0 aromatic heterocycles. The number of alkyl halides is 3. The molecule has 1 heterocycles. The molecule has 0 aromatic rings. The molecule has 2 unspecified atom stereocenters. The van der Waals surface area contributed by atoms with Crippen LogP contribution in [-0.4, -0.2) is 24.2 Å². The van der Waals surface area contributed by atoms with E-state index < -0.39 is 24.2 Å². The average Bonchev–Trinajstić information content (AvgIpc) is 1.92. The zero-order chi connectivity index (χ0) is 9.35. The highest BCUT2D eigenvalue weighted by molar-refractivity contribution is 5.82. The number of nitrogens with two attached hydrogens (primary N) is 1. The maximum absolute atomic E-state index is 12.0. The van der Waals surface area contributed by atoms with Crippen molar-refractivity contribution in [3.63, 3.8) is 0 Å². The van der Waals surface area contributed by atoms with Gasteiger partial charge >= 0.3 is 6.18 Å². The van der Waals surface area contributed by atoms with Crippen molar-refractivity contribution in [1.82, 2.24) is 5.32 Å². The average molecular weight is 182 g/mol. The molecule has 70 valence electrons. The Bertz CT molecular complexity index is 192. The van der Waals surface area contributed by atoms with Crippen LogP contribution in [0.5, 0.6) is 0 Å². The lowest BCUT2D eigenvalue weighted by Crippen LogP contribution is -2.55. The van der Waals surface area contributed by atoms with Crippen LogP contribution >= 0.6 is 0 Å². The van der Waals surface area contributed by atoms with E-state index in [1.165, 1.54) is 0 Å². The first-order chi connectivity index (χ1) is 5.41. The monoisotopic (exact) mass is 182 g/mol. The van der Waals surface area contributed by atoms with Crippen LogP contribution in [0, 0.1) is 0 Å². The third kappa shape index (κ3) is 1.88. The van der Waals surface area contributed by atoms with E-state index in [0.29, 0.717) is 0 Å². The molecule has 12 heavy (non-hydrogen) atoms. The number of rotatable bonds is 0. The zero-order valence-electron chi connectivity index (χ0n) is 6.19. The molecular weight excluding hydrogens is 173 g/mol. The molecule has 1 aliphatic heterocycles. The second kappa shape index (κ2) is 2.93. The van der Waals surface area contributed by atoms with Gasteiger partial charge in [-0.05, 0) is 12.8 Å². The number of piperidine rings is 1. The molecule has 6 heteroatoms. The number of halogens is 3. The van der Waals surface area contributed by atoms with E-state index in [9.17, 15) is 18.0 Å². The quantitative estimate of drug-likeness (QED) is 0.560. The molecule has 0 aromatic carbocycles. The first-order valence-corrected chi connectivity index (χ1v) is 3.54. The Kier molecular flexibility index (Phi) is 2.27. The maximum Gasteiger partial charge on any atom is 0.408 e. The van der Waals surface area contributed by atoms with E-state index in [4.69, 9.17) is 5.73 Å². The summed E-state index contributed by atoms with van der Waals surface area (Å²) in [5, 5.41) is 1.82. The Labute approximate surface area is 67.1 Å². The maximum atomic E-state index is 12.0. The van der Waals surface area contributed by atoms with Crippen LogP contribution in [0.4, 0.5) is 13.2 Å². The van der Waals surface area contributed by atoms with Gasteiger partial charge in [0, 0.05) is 0 Å². The largest absolute Gasteiger partial charge is 0.408 e. The minimum atomic E-state index is -4.35. The number of hydrogen-bond donors (Lipinski definition) is 2. The predicted molar refractivity (Wildman–Crippen MR) is 35.2 cm³/mol. The number of nitrogens with one attached hydrogen (secondary N) is 1. The summed E-state index contributed by atoms with van der Waals surface area (Å²) < 4.78 is 36.0. The van der Waals surface area contributed by atoms with Crippen molar-refractivity contribution < 1.29 is 18.0 Å². The second-order valence-electron chi connectivity index (χ2n) is 2.79. The van der Waals surface area contributed by atoms with Gasteiger partial charge in [-0.25, -0.2) is 0 Å².